The molecule has 0 radical (unpaired) electrons. The van der Waals surface area contributed by atoms with E-state index in [1.807, 2.05) is 19.3 Å². The van der Waals surface area contributed by atoms with Gasteiger partial charge in [0.25, 0.3) is 0 Å². The van der Waals surface area contributed by atoms with Crippen LogP contribution in [0.15, 0.2) is 41.0 Å². The molecule has 1 N–H and O–H groups in total. The smallest absolute Gasteiger partial charge is 0.148 e. The number of likely N-dealkylation sites (N-methyl/N-ethyl adjacent to an activating group) is 1. The van der Waals surface area contributed by atoms with E-state index >= 15 is 0 Å². The van der Waals surface area contributed by atoms with Crippen molar-refractivity contribution in [1.82, 2.24) is 14.9 Å². The lowest BCUT2D eigenvalue weighted by molar-refractivity contribution is 0.491. The highest BCUT2D eigenvalue weighted by Crippen LogP contribution is 2.17. The van der Waals surface area contributed by atoms with Gasteiger partial charge in [-0.05, 0) is 22.0 Å². The summed E-state index contributed by atoms with van der Waals surface area (Å²) in [5.41, 5.74) is 1.09. The molecule has 0 bridgehead atoms. The lowest BCUT2D eigenvalue weighted by Gasteiger charge is -2.21. The summed E-state index contributed by atoms with van der Waals surface area (Å²) in [6.45, 7) is 0.839. The van der Waals surface area contributed by atoms with E-state index in [1.165, 1.54) is 0 Å². The van der Waals surface area contributed by atoms with E-state index in [2.05, 4.69) is 36.1 Å². The minimum atomic E-state index is 0.763. The van der Waals surface area contributed by atoms with Crippen LogP contribution >= 0.6 is 15.9 Å². The van der Waals surface area contributed by atoms with Crippen LogP contribution in [-0.2, 0) is 0 Å². The molecule has 2 heterocycles. The highest BCUT2D eigenvalue weighted by molar-refractivity contribution is 9.11. The van der Waals surface area contributed by atoms with E-state index in [-0.39, 0.29) is 0 Å². The van der Waals surface area contributed by atoms with Crippen LogP contribution in [0.25, 0.3) is 0 Å². The van der Waals surface area contributed by atoms with Crippen LogP contribution in [0.3, 0.4) is 0 Å². The maximum absolute atomic E-state index is 4.16. The van der Waals surface area contributed by atoms with Gasteiger partial charge in [-0.3, -0.25) is 4.98 Å². The van der Waals surface area contributed by atoms with Gasteiger partial charge in [-0.2, -0.15) is 0 Å². The molecular weight excluding hydrogens is 256 g/mol. The van der Waals surface area contributed by atoms with Gasteiger partial charge in [-0.15, -0.1) is 0 Å². The van der Waals surface area contributed by atoms with Crippen molar-refractivity contribution >= 4 is 21.7 Å². The van der Waals surface area contributed by atoms with Crippen LogP contribution in [0.4, 0.5) is 5.82 Å². The molecule has 0 spiro atoms. The van der Waals surface area contributed by atoms with Gasteiger partial charge in [-0.25, -0.2) is 4.98 Å². The lowest BCUT2D eigenvalue weighted by Crippen LogP contribution is -2.22. The Morgan fingerprint density at radius 3 is 3.00 bits per heavy atom. The number of nitrogens with zero attached hydrogens (tertiary/aromatic N) is 3. The minimum absolute atomic E-state index is 0.763. The Kier molecular flexibility index (Phi) is 3.01. The van der Waals surface area contributed by atoms with E-state index < -0.39 is 0 Å². The molecule has 1 aromatic rings. The predicted molar refractivity (Wildman–Crippen MR) is 63.4 cm³/mol. The molecule has 0 saturated carbocycles. The van der Waals surface area contributed by atoms with Crippen molar-refractivity contribution in [1.29, 1.82) is 0 Å². The summed E-state index contributed by atoms with van der Waals surface area (Å²) < 4.78 is 1.04. The third-order valence-electron chi connectivity index (χ3n) is 1.93. The summed E-state index contributed by atoms with van der Waals surface area (Å²) in [4.78, 5) is 10.2. The summed E-state index contributed by atoms with van der Waals surface area (Å²) in [6, 6.07) is 0. The second-order valence-electron chi connectivity index (χ2n) is 3.31. The lowest BCUT2D eigenvalue weighted by atomic mass is 10.3. The molecule has 0 aliphatic carbocycles. The average molecular weight is 267 g/mol. The van der Waals surface area contributed by atoms with Crippen molar-refractivity contribution in [3.8, 4) is 0 Å². The van der Waals surface area contributed by atoms with E-state index in [1.54, 1.807) is 18.6 Å². The second-order valence-corrected chi connectivity index (χ2v) is 4.23. The number of nitrogens with one attached hydrogen (secondary N) is 1. The Balaban J connectivity index is 2.11. The van der Waals surface area contributed by atoms with E-state index in [0.717, 1.165) is 22.5 Å². The largest absolute Gasteiger partial charge is 0.374 e. The maximum Gasteiger partial charge on any atom is 0.148 e. The molecule has 5 heteroatoms. The van der Waals surface area contributed by atoms with Gasteiger partial charge in [0.15, 0.2) is 0 Å². The summed E-state index contributed by atoms with van der Waals surface area (Å²) in [6.07, 6.45) is 9.09. The zero-order valence-electron chi connectivity index (χ0n) is 8.31. The standard InChI is InChI=1S/C10H11BrN4/c1-15-6-8(11)4-9(7-15)14-10-5-12-2-3-13-10/h2-6H,7H2,1H3,(H,13,14). The first-order chi connectivity index (χ1) is 7.24. The third-order valence-corrected chi connectivity index (χ3v) is 2.36. The molecular formula is C10H11BrN4. The zero-order chi connectivity index (χ0) is 10.7. The summed E-state index contributed by atoms with van der Waals surface area (Å²) in [7, 11) is 2.02. The fraction of sp³-hybridized carbons (Fsp3) is 0.200. The first-order valence-electron chi connectivity index (χ1n) is 4.55. The van der Waals surface area contributed by atoms with Crippen LogP contribution in [0.2, 0.25) is 0 Å². The Morgan fingerprint density at radius 1 is 1.47 bits per heavy atom. The Morgan fingerprint density at radius 2 is 2.33 bits per heavy atom. The van der Waals surface area contributed by atoms with E-state index in [0.29, 0.717) is 0 Å². The van der Waals surface area contributed by atoms with Crippen LogP contribution in [-0.4, -0.2) is 28.5 Å². The third kappa shape index (κ3) is 2.79. The number of anilines is 1. The van der Waals surface area contributed by atoms with E-state index in [4.69, 9.17) is 0 Å². The number of aromatic nitrogens is 2. The van der Waals surface area contributed by atoms with Crippen molar-refractivity contribution in [2.24, 2.45) is 0 Å². The average Bonchev–Trinajstić information content (AvgIpc) is 2.17. The van der Waals surface area contributed by atoms with Crippen LogP contribution in [0, 0.1) is 0 Å². The first-order valence-corrected chi connectivity index (χ1v) is 5.34. The van der Waals surface area contributed by atoms with Crippen LogP contribution in [0.5, 0.6) is 0 Å². The molecule has 1 aliphatic heterocycles. The molecule has 0 unspecified atom stereocenters. The van der Waals surface area contributed by atoms with Crippen LogP contribution in [0.1, 0.15) is 0 Å². The molecule has 0 atom stereocenters. The minimum Gasteiger partial charge on any atom is -0.374 e. The summed E-state index contributed by atoms with van der Waals surface area (Å²) in [5.74, 6) is 0.763. The van der Waals surface area contributed by atoms with Crippen LogP contribution < -0.4 is 5.32 Å². The van der Waals surface area contributed by atoms with Gasteiger partial charge in [0.05, 0.1) is 12.7 Å². The Hall–Kier alpha value is -1.36. The summed E-state index contributed by atoms with van der Waals surface area (Å²) >= 11 is 3.45. The number of allylic oxidation sites excluding steroid dienone is 2. The van der Waals surface area contributed by atoms with Gasteiger partial charge in [0, 0.05) is 35.8 Å². The molecule has 2 rings (SSSR count). The number of halogens is 1. The highest BCUT2D eigenvalue weighted by atomic mass is 79.9. The van der Waals surface area contributed by atoms with Crippen molar-refractivity contribution in [2.45, 2.75) is 0 Å². The number of hydrogen-bond acceptors (Lipinski definition) is 4. The summed E-state index contributed by atoms with van der Waals surface area (Å²) in [5, 5.41) is 3.22. The molecule has 1 aromatic heterocycles. The van der Waals surface area contributed by atoms with Gasteiger partial charge in [0.2, 0.25) is 0 Å². The zero-order valence-corrected chi connectivity index (χ0v) is 9.90. The molecule has 0 fully saturated rings. The quantitative estimate of drug-likeness (QED) is 0.889. The van der Waals surface area contributed by atoms with Gasteiger partial charge in [-0.1, -0.05) is 0 Å². The van der Waals surface area contributed by atoms with Gasteiger partial charge >= 0.3 is 0 Å². The van der Waals surface area contributed by atoms with Crippen molar-refractivity contribution in [3.63, 3.8) is 0 Å². The molecule has 0 amide bonds. The van der Waals surface area contributed by atoms with Gasteiger partial charge in [0.1, 0.15) is 5.82 Å². The molecule has 4 nitrogen and oxygen atoms in total. The van der Waals surface area contributed by atoms with Crippen molar-refractivity contribution in [2.75, 3.05) is 18.9 Å². The number of hydrogen-bond donors (Lipinski definition) is 1. The molecule has 15 heavy (non-hydrogen) atoms. The maximum atomic E-state index is 4.16. The number of rotatable bonds is 2. The Bertz CT molecular complexity index is 399. The van der Waals surface area contributed by atoms with Crippen molar-refractivity contribution in [3.05, 3.63) is 41.0 Å². The fourth-order valence-corrected chi connectivity index (χ4v) is 2.00. The topological polar surface area (TPSA) is 41.0 Å². The molecule has 1 aliphatic rings. The molecule has 0 saturated heterocycles. The fourth-order valence-electron chi connectivity index (χ4n) is 1.38. The normalized spacial score (nSPS) is 15.7. The SMILES string of the molecule is CN1C=C(Br)C=C(Nc2cnccn2)C1. The predicted octanol–water partition coefficient (Wildman–Crippen LogP) is 1.95. The molecule has 0 aromatic carbocycles. The molecule has 78 valence electrons. The monoisotopic (exact) mass is 266 g/mol. The van der Waals surface area contributed by atoms with Gasteiger partial charge < -0.3 is 10.2 Å². The first kappa shape index (κ1) is 10.2. The van der Waals surface area contributed by atoms with E-state index in [9.17, 15) is 0 Å². The van der Waals surface area contributed by atoms with Crippen molar-refractivity contribution < 1.29 is 0 Å². The Labute approximate surface area is 96.9 Å². The highest BCUT2D eigenvalue weighted by Gasteiger charge is 2.07. The second kappa shape index (κ2) is 4.44.